The fourth-order valence-electron chi connectivity index (χ4n) is 1.14. The summed E-state index contributed by atoms with van der Waals surface area (Å²) in [6.07, 6.45) is 5.36. The number of nitro benzene ring substituents is 1. The molecule has 1 aromatic rings. The first-order valence-corrected chi connectivity index (χ1v) is 4.75. The van der Waals surface area contributed by atoms with E-state index in [-0.39, 0.29) is 30.0 Å². The van der Waals surface area contributed by atoms with Crippen LogP contribution in [0.3, 0.4) is 0 Å². The van der Waals surface area contributed by atoms with Crippen LogP contribution in [0.25, 0.3) is 0 Å². The van der Waals surface area contributed by atoms with Crippen LogP contribution < -0.4 is 5.32 Å². The van der Waals surface area contributed by atoms with Gasteiger partial charge in [-0.3, -0.25) is 14.9 Å². The Labute approximate surface area is 97.4 Å². The normalized spacial score (nSPS) is 9.35. The molecule has 1 rings (SSSR count). The van der Waals surface area contributed by atoms with Gasteiger partial charge in [0.15, 0.2) is 0 Å². The summed E-state index contributed by atoms with van der Waals surface area (Å²) in [6, 6.07) is 3.38. The van der Waals surface area contributed by atoms with Crippen LogP contribution in [-0.4, -0.2) is 15.9 Å². The molecule has 0 aliphatic heterocycles. The van der Waals surface area contributed by atoms with E-state index in [0.29, 0.717) is 0 Å². The second-order valence-electron chi connectivity index (χ2n) is 3.21. The van der Waals surface area contributed by atoms with E-state index in [0.717, 1.165) is 18.2 Å². The average molecular weight is 234 g/mol. The molecule has 0 radical (unpaired) electrons. The summed E-state index contributed by atoms with van der Waals surface area (Å²) < 4.78 is 0. The molecule has 88 valence electrons. The number of phenolic OH excluding ortho intramolecular Hbond substituents is 1. The van der Waals surface area contributed by atoms with Gasteiger partial charge < -0.3 is 10.4 Å². The van der Waals surface area contributed by atoms with Gasteiger partial charge in [-0.25, -0.2) is 0 Å². The van der Waals surface area contributed by atoms with Gasteiger partial charge in [-0.05, 0) is 6.07 Å². The van der Waals surface area contributed by atoms with Gasteiger partial charge in [0.25, 0.3) is 5.69 Å². The monoisotopic (exact) mass is 234 g/mol. The molecule has 0 aliphatic rings. The van der Waals surface area contributed by atoms with Crippen molar-refractivity contribution in [3.8, 4) is 18.1 Å². The number of nitro groups is 1. The van der Waals surface area contributed by atoms with Gasteiger partial charge in [-0.1, -0.05) is 0 Å². The number of hydrogen-bond acceptors (Lipinski definition) is 4. The lowest BCUT2D eigenvalue weighted by Crippen LogP contribution is -2.11. The summed E-state index contributed by atoms with van der Waals surface area (Å²) in [5.41, 5.74) is -0.212. The number of non-ortho nitro benzene ring substituents is 1. The largest absolute Gasteiger partial charge is 0.506 e. The van der Waals surface area contributed by atoms with Crippen molar-refractivity contribution in [1.82, 2.24) is 0 Å². The highest BCUT2D eigenvalue weighted by atomic mass is 16.6. The summed E-state index contributed by atoms with van der Waals surface area (Å²) in [5.74, 6) is 1.66. The Hall–Kier alpha value is -2.55. The molecule has 6 nitrogen and oxygen atoms in total. The van der Waals surface area contributed by atoms with E-state index >= 15 is 0 Å². The number of phenols is 1. The van der Waals surface area contributed by atoms with E-state index in [1.165, 1.54) is 0 Å². The summed E-state index contributed by atoms with van der Waals surface area (Å²) in [7, 11) is 0. The minimum absolute atomic E-state index is 0.00113. The van der Waals surface area contributed by atoms with E-state index < -0.39 is 10.8 Å². The Morgan fingerprint density at radius 2 is 2.29 bits per heavy atom. The molecule has 6 heteroatoms. The summed E-state index contributed by atoms with van der Waals surface area (Å²) >= 11 is 0. The molecule has 17 heavy (non-hydrogen) atoms. The highest BCUT2D eigenvalue weighted by molar-refractivity contribution is 5.92. The Morgan fingerprint density at radius 3 is 2.88 bits per heavy atom. The predicted molar refractivity (Wildman–Crippen MR) is 61.5 cm³/mol. The van der Waals surface area contributed by atoms with Crippen LogP contribution in [0, 0.1) is 22.5 Å². The number of rotatable bonds is 4. The number of nitrogens with zero attached hydrogens (tertiary/aromatic N) is 1. The third kappa shape index (κ3) is 3.50. The maximum atomic E-state index is 11.3. The standard InChI is InChI=1S/C11H10N2O4/c1-2-3-4-11(15)12-9-7-8(13(16)17)5-6-10(9)14/h1,5-7,14H,3-4H2,(H,12,15). The highest BCUT2D eigenvalue weighted by Crippen LogP contribution is 2.27. The van der Waals surface area contributed by atoms with E-state index in [9.17, 15) is 20.0 Å². The predicted octanol–water partition coefficient (Wildman–Crippen LogP) is 1.65. The molecule has 0 aliphatic carbocycles. The molecule has 2 N–H and O–H groups in total. The van der Waals surface area contributed by atoms with E-state index in [1.807, 2.05) is 0 Å². The topological polar surface area (TPSA) is 92.5 Å². The number of amides is 1. The van der Waals surface area contributed by atoms with Crippen molar-refractivity contribution >= 4 is 17.3 Å². The van der Waals surface area contributed by atoms with Gasteiger partial charge in [-0.2, -0.15) is 0 Å². The summed E-state index contributed by atoms with van der Waals surface area (Å²) in [4.78, 5) is 21.2. The number of aromatic hydroxyl groups is 1. The van der Waals surface area contributed by atoms with Crippen molar-refractivity contribution < 1.29 is 14.8 Å². The Kier molecular flexibility index (Phi) is 4.06. The van der Waals surface area contributed by atoms with E-state index in [4.69, 9.17) is 6.42 Å². The molecule has 0 fully saturated rings. The third-order valence-electron chi connectivity index (χ3n) is 1.96. The maximum Gasteiger partial charge on any atom is 0.271 e. The number of benzene rings is 1. The van der Waals surface area contributed by atoms with Gasteiger partial charge in [0.2, 0.25) is 5.91 Å². The van der Waals surface area contributed by atoms with Gasteiger partial charge in [0.1, 0.15) is 5.75 Å². The number of carbonyl (C=O) groups excluding carboxylic acids is 1. The SMILES string of the molecule is C#CCCC(=O)Nc1cc([N+](=O)[O-])ccc1O. The second-order valence-corrected chi connectivity index (χ2v) is 3.21. The van der Waals surface area contributed by atoms with Gasteiger partial charge >= 0.3 is 0 Å². The Bertz CT molecular complexity index is 491. The van der Waals surface area contributed by atoms with Gasteiger partial charge in [-0.15, -0.1) is 12.3 Å². The second kappa shape index (κ2) is 5.51. The van der Waals surface area contributed by atoms with Crippen LogP contribution in [0.1, 0.15) is 12.8 Å². The minimum atomic E-state index is -0.615. The van der Waals surface area contributed by atoms with E-state index in [2.05, 4.69) is 11.2 Å². The zero-order chi connectivity index (χ0) is 12.8. The summed E-state index contributed by atoms with van der Waals surface area (Å²) in [5, 5.41) is 22.3. The van der Waals surface area contributed by atoms with Gasteiger partial charge in [0.05, 0.1) is 10.6 Å². The van der Waals surface area contributed by atoms with Crippen molar-refractivity contribution in [2.75, 3.05) is 5.32 Å². The Morgan fingerprint density at radius 1 is 1.59 bits per heavy atom. The molecule has 1 aromatic carbocycles. The molecule has 0 saturated heterocycles. The van der Waals surface area contributed by atoms with Crippen LogP contribution in [0.4, 0.5) is 11.4 Å². The zero-order valence-electron chi connectivity index (χ0n) is 8.84. The number of anilines is 1. The van der Waals surface area contributed by atoms with Crippen LogP contribution in [0.5, 0.6) is 5.75 Å². The molecule has 0 aromatic heterocycles. The van der Waals surface area contributed by atoms with Crippen LogP contribution in [-0.2, 0) is 4.79 Å². The molecule has 0 bridgehead atoms. The Balaban J connectivity index is 2.83. The zero-order valence-corrected chi connectivity index (χ0v) is 8.84. The molecule has 0 atom stereocenters. The lowest BCUT2D eigenvalue weighted by Gasteiger charge is -2.05. The maximum absolute atomic E-state index is 11.3. The van der Waals surface area contributed by atoms with Crippen LogP contribution in [0.2, 0.25) is 0 Å². The molecule has 0 heterocycles. The van der Waals surface area contributed by atoms with Crippen LogP contribution in [0.15, 0.2) is 18.2 Å². The molecular weight excluding hydrogens is 224 g/mol. The fraction of sp³-hybridized carbons (Fsp3) is 0.182. The minimum Gasteiger partial charge on any atom is -0.506 e. The number of nitrogens with one attached hydrogen (secondary N) is 1. The molecule has 0 saturated carbocycles. The lowest BCUT2D eigenvalue weighted by molar-refractivity contribution is -0.384. The first kappa shape index (κ1) is 12.5. The molecular formula is C11H10N2O4. The van der Waals surface area contributed by atoms with Crippen LogP contribution >= 0.6 is 0 Å². The first-order chi connectivity index (χ1) is 8.04. The first-order valence-electron chi connectivity index (χ1n) is 4.75. The van der Waals surface area contributed by atoms with Gasteiger partial charge in [0, 0.05) is 25.0 Å². The number of carbonyl (C=O) groups is 1. The lowest BCUT2D eigenvalue weighted by atomic mass is 10.2. The quantitative estimate of drug-likeness (QED) is 0.358. The number of terminal acetylenes is 1. The van der Waals surface area contributed by atoms with Crippen molar-refractivity contribution in [3.05, 3.63) is 28.3 Å². The fourth-order valence-corrected chi connectivity index (χ4v) is 1.14. The number of hydrogen-bond donors (Lipinski definition) is 2. The smallest absolute Gasteiger partial charge is 0.271 e. The van der Waals surface area contributed by atoms with E-state index in [1.54, 1.807) is 0 Å². The molecule has 1 amide bonds. The van der Waals surface area contributed by atoms with Crippen molar-refractivity contribution in [2.45, 2.75) is 12.8 Å². The average Bonchev–Trinajstić information content (AvgIpc) is 2.29. The highest BCUT2D eigenvalue weighted by Gasteiger charge is 2.12. The van der Waals surface area contributed by atoms with Crippen molar-refractivity contribution in [1.29, 1.82) is 0 Å². The molecule has 0 unspecified atom stereocenters. The third-order valence-corrected chi connectivity index (χ3v) is 1.96. The van der Waals surface area contributed by atoms with Crippen molar-refractivity contribution in [2.24, 2.45) is 0 Å². The van der Waals surface area contributed by atoms with Crippen molar-refractivity contribution in [3.63, 3.8) is 0 Å². The summed E-state index contributed by atoms with van der Waals surface area (Å²) in [6.45, 7) is 0. The molecule has 0 spiro atoms.